The van der Waals surface area contributed by atoms with Gasteiger partial charge in [0.25, 0.3) is 6.47 Å². The molecule has 0 spiro atoms. The van der Waals surface area contributed by atoms with Gasteiger partial charge in [0.1, 0.15) is 11.9 Å². The van der Waals surface area contributed by atoms with E-state index in [2.05, 4.69) is 12.2 Å². The molecule has 4 nitrogen and oxygen atoms in total. The minimum atomic E-state index is -4.33. The van der Waals surface area contributed by atoms with Crippen LogP contribution in [0.1, 0.15) is 56.6 Å². The van der Waals surface area contributed by atoms with Gasteiger partial charge in [0.15, 0.2) is 0 Å². The van der Waals surface area contributed by atoms with Gasteiger partial charge in [-0.1, -0.05) is 38.7 Å². The van der Waals surface area contributed by atoms with E-state index in [9.17, 15) is 13.2 Å². The van der Waals surface area contributed by atoms with Crippen LogP contribution in [0.5, 0.6) is 5.75 Å². The van der Waals surface area contributed by atoms with Crippen LogP contribution < -0.4 is 10.1 Å². The molecule has 0 bridgehead atoms. The van der Waals surface area contributed by atoms with E-state index in [4.69, 9.17) is 14.6 Å². The average Bonchev–Trinajstić information content (AvgIpc) is 3.08. The maximum Gasteiger partial charge on any atom is 0.416 e. The number of rotatable bonds is 8. The van der Waals surface area contributed by atoms with Crippen LogP contribution in [0.25, 0.3) is 0 Å². The van der Waals surface area contributed by atoms with Crippen LogP contribution >= 0.6 is 0 Å². The molecule has 0 radical (unpaired) electrons. The number of ether oxygens (including phenoxy) is 1. The number of carbonyl (C=O) groups is 1. The van der Waals surface area contributed by atoms with Crippen molar-refractivity contribution in [1.82, 2.24) is 5.32 Å². The predicted octanol–water partition coefficient (Wildman–Crippen LogP) is 4.66. The van der Waals surface area contributed by atoms with Crippen LogP contribution in [0.15, 0.2) is 18.2 Å². The van der Waals surface area contributed by atoms with Gasteiger partial charge in [0.05, 0.1) is 5.56 Å². The topological polar surface area (TPSA) is 58.6 Å². The summed E-state index contributed by atoms with van der Waals surface area (Å²) in [5.41, 5.74) is -0.164. The quantitative estimate of drug-likeness (QED) is 0.512. The molecule has 1 atom stereocenters. The highest BCUT2D eigenvalue weighted by Gasteiger charge is 2.33. The molecule has 1 aliphatic rings. The Labute approximate surface area is 152 Å². The summed E-state index contributed by atoms with van der Waals surface area (Å²) in [5, 5.41) is 10.0. The summed E-state index contributed by atoms with van der Waals surface area (Å²) in [6.45, 7) is 3.42. The van der Waals surface area contributed by atoms with E-state index in [0.717, 1.165) is 45.1 Å². The van der Waals surface area contributed by atoms with Gasteiger partial charge in [-0.3, -0.25) is 4.79 Å². The molecule has 7 heteroatoms. The molecule has 0 aromatic heterocycles. The second-order valence-corrected chi connectivity index (χ2v) is 6.32. The van der Waals surface area contributed by atoms with Crippen molar-refractivity contribution in [3.05, 3.63) is 29.3 Å². The predicted molar refractivity (Wildman–Crippen MR) is 94.5 cm³/mol. The second kappa shape index (κ2) is 11.8. The third kappa shape index (κ3) is 8.08. The van der Waals surface area contributed by atoms with Gasteiger partial charge >= 0.3 is 6.18 Å². The lowest BCUT2D eigenvalue weighted by Crippen LogP contribution is -2.20. The second-order valence-electron chi connectivity index (χ2n) is 6.32. The highest BCUT2D eigenvalue weighted by Crippen LogP contribution is 2.35. The summed E-state index contributed by atoms with van der Waals surface area (Å²) >= 11 is 0. The SMILES string of the molecule is CCCCCCCc1ccc(OC2CCNC2)cc1C(F)(F)F.O=CO. The molecule has 0 saturated carbocycles. The number of carboxylic acid groups (broad SMARTS) is 1. The third-order valence-electron chi connectivity index (χ3n) is 4.25. The highest BCUT2D eigenvalue weighted by atomic mass is 19.4. The lowest BCUT2D eigenvalue weighted by atomic mass is 10.00. The number of unbranched alkanes of at least 4 members (excludes halogenated alkanes) is 4. The summed E-state index contributed by atoms with van der Waals surface area (Å²) in [5.74, 6) is 0.320. The van der Waals surface area contributed by atoms with Crippen molar-refractivity contribution in [2.45, 2.75) is 64.1 Å². The van der Waals surface area contributed by atoms with Crippen molar-refractivity contribution in [1.29, 1.82) is 0 Å². The van der Waals surface area contributed by atoms with Crippen LogP contribution in [-0.2, 0) is 17.4 Å². The molecule has 1 fully saturated rings. The van der Waals surface area contributed by atoms with E-state index in [1.807, 2.05) is 0 Å². The maximum atomic E-state index is 13.3. The van der Waals surface area contributed by atoms with Crippen LogP contribution in [-0.4, -0.2) is 30.8 Å². The van der Waals surface area contributed by atoms with Gasteiger partial charge < -0.3 is 15.2 Å². The number of benzene rings is 1. The van der Waals surface area contributed by atoms with Crippen LogP contribution in [0.4, 0.5) is 13.2 Å². The minimum absolute atomic E-state index is 0.0315. The van der Waals surface area contributed by atoms with Gasteiger partial charge in [-0.15, -0.1) is 0 Å². The monoisotopic (exact) mass is 375 g/mol. The van der Waals surface area contributed by atoms with E-state index in [-0.39, 0.29) is 12.6 Å². The molecule has 0 aliphatic carbocycles. The smallest absolute Gasteiger partial charge is 0.416 e. The number of halogens is 3. The van der Waals surface area contributed by atoms with Crippen molar-refractivity contribution in [3.8, 4) is 5.75 Å². The molecule has 1 aromatic carbocycles. The lowest BCUT2D eigenvalue weighted by Gasteiger charge is -2.17. The van der Waals surface area contributed by atoms with E-state index in [1.165, 1.54) is 6.07 Å². The number of nitrogens with one attached hydrogen (secondary N) is 1. The molecule has 2 rings (SSSR count). The first-order valence-corrected chi connectivity index (χ1v) is 9.07. The van der Waals surface area contributed by atoms with Gasteiger partial charge in [-0.05, 0) is 43.5 Å². The molecule has 2 N–H and O–H groups in total. The van der Waals surface area contributed by atoms with Gasteiger partial charge in [0, 0.05) is 6.54 Å². The fourth-order valence-electron chi connectivity index (χ4n) is 2.95. The number of aryl methyl sites for hydroxylation is 1. The van der Waals surface area contributed by atoms with Crippen molar-refractivity contribution >= 4 is 6.47 Å². The van der Waals surface area contributed by atoms with Gasteiger partial charge in [-0.2, -0.15) is 13.2 Å². The molecule has 0 amide bonds. The first-order chi connectivity index (χ1) is 12.4. The fourth-order valence-corrected chi connectivity index (χ4v) is 2.95. The van der Waals surface area contributed by atoms with Crippen molar-refractivity contribution < 1.29 is 27.8 Å². The fraction of sp³-hybridized carbons (Fsp3) is 0.632. The molecule has 1 aliphatic heterocycles. The number of hydrogen-bond acceptors (Lipinski definition) is 3. The van der Waals surface area contributed by atoms with Crippen molar-refractivity contribution in [2.75, 3.05) is 13.1 Å². The first-order valence-electron chi connectivity index (χ1n) is 9.07. The van der Waals surface area contributed by atoms with Crippen molar-refractivity contribution in [2.24, 2.45) is 0 Å². The number of hydrogen-bond donors (Lipinski definition) is 2. The Morgan fingerprint density at radius 3 is 2.54 bits per heavy atom. The van der Waals surface area contributed by atoms with E-state index in [1.54, 1.807) is 12.1 Å². The Kier molecular flexibility index (Phi) is 10.1. The van der Waals surface area contributed by atoms with Crippen LogP contribution in [0.2, 0.25) is 0 Å². The summed E-state index contributed by atoms with van der Waals surface area (Å²) in [6, 6.07) is 4.43. The summed E-state index contributed by atoms with van der Waals surface area (Å²) in [6.07, 6.45) is 2.11. The highest BCUT2D eigenvalue weighted by molar-refractivity contribution is 5.38. The van der Waals surface area contributed by atoms with Gasteiger partial charge in [0.2, 0.25) is 0 Å². The van der Waals surface area contributed by atoms with Crippen LogP contribution in [0, 0.1) is 0 Å². The van der Waals surface area contributed by atoms with Gasteiger partial charge in [-0.25, -0.2) is 0 Å². The summed E-state index contributed by atoms with van der Waals surface area (Å²) in [7, 11) is 0. The Balaban J connectivity index is 0.00000105. The van der Waals surface area contributed by atoms with E-state index >= 15 is 0 Å². The zero-order valence-electron chi connectivity index (χ0n) is 15.1. The molecule has 148 valence electrons. The first kappa shape index (κ1) is 22.3. The lowest BCUT2D eigenvalue weighted by molar-refractivity contribution is -0.138. The number of alkyl halides is 3. The third-order valence-corrected chi connectivity index (χ3v) is 4.25. The molecule has 1 unspecified atom stereocenters. The van der Waals surface area contributed by atoms with E-state index in [0.29, 0.717) is 24.3 Å². The largest absolute Gasteiger partial charge is 0.489 e. The molecule has 1 heterocycles. The Morgan fingerprint density at radius 1 is 1.27 bits per heavy atom. The zero-order chi connectivity index (χ0) is 19.4. The van der Waals surface area contributed by atoms with Crippen molar-refractivity contribution in [3.63, 3.8) is 0 Å². The summed E-state index contributed by atoms with van der Waals surface area (Å²) in [4.78, 5) is 8.36. The molecule has 1 aromatic rings. The normalized spacial score (nSPS) is 16.7. The molecular formula is C19H28F3NO3. The average molecular weight is 375 g/mol. The standard InChI is InChI=1S/C18H26F3NO.CH2O2/c1-2-3-4-5-6-7-14-8-9-15(12-17(14)18(19,20)21)23-16-10-11-22-13-16;2-1-3/h8-9,12,16,22H,2-7,10-11,13H2,1H3;1H,(H,2,3). The Hall–Kier alpha value is -1.76. The van der Waals surface area contributed by atoms with E-state index < -0.39 is 11.7 Å². The summed E-state index contributed by atoms with van der Waals surface area (Å²) < 4.78 is 45.6. The zero-order valence-corrected chi connectivity index (χ0v) is 15.1. The molecular weight excluding hydrogens is 347 g/mol. The Bertz CT molecular complexity index is 529. The maximum absolute atomic E-state index is 13.3. The molecule has 26 heavy (non-hydrogen) atoms. The molecule has 1 saturated heterocycles. The van der Waals surface area contributed by atoms with Crippen LogP contribution in [0.3, 0.4) is 0 Å². The minimum Gasteiger partial charge on any atom is -0.489 e. The Morgan fingerprint density at radius 2 is 1.96 bits per heavy atom.